The van der Waals surface area contributed by atoms with Crippen LogP contribution in [0.25, 0.3) is 0 Å². The Morgan fingerprint density at radius 2 is 1.26 bits per heavy atom. The van der Waals surface area contributed by atoms with Gasteiger partial charge in [-0.2, -0.15) is 0 Å². The van der Waals surface area contributed by atoms with Crippen LogP contribution in [-0.2, 0) is 17.6 Å². The Bertz CT molecular complexity index is 2290. The van der Waals surface area contributed by atoms with Crippen molar-refractivity contribution < 1.29 is 14.3 Å². The highest BCUT2D eigenvalue weighted by atomic mass is 16.7. The molecule has 2 aliphatic carbocycles. The summed E-state index contributed by atoms with van der Waals surface area (Å²) in [4.78, 5) is 21.3. The minimum absolute atomic E-state index is 0. The monoisotopic (exact) mass is 1040 g/mol. The van der Waals surface area contributed by atoms with Crippen LogP contribution in [0.4, 0.5) is 11.4 Å². The molecule has 8 heterocycles. The van der Waals surface area contributed by atoms with Crippen LogP contribution >= 0.6 is 0 Å². The van der Waals surface area contributed by atoms with Crippen molar-refractivity contribution in [3.63, 3.8) is 0 Å². The number of nitrogens with one attached hydrogen (secondary N) is 2. The number of aryl methyl sites for hydroxylation is 2. The second-order valence-electron chi connectivity index (χ2n) is 25.0. The van der Waals surface area contributed by atoms with Crippen LogP contribution in [0.3, 0.4) is 0 Å². The average Bonchev–Trinajstić information content (AvgIpc) is 4.24. The van der Waals surface area contributed by atoms with Crippen molar-refractivity contribution in [2.75, 3.05) is 56.7 Å². The number of nitrogens with zero attached hydrogens (tertiary/aromatic N) is 3. The van der Waals surface area contributed by atoms with Crippen molar-refractivity contribution in [2.24, 2.45) is 35.0 Å². The Hall–Kier alpha value is -4.40. The van der Waals surface area contributed by atoms with Crippen LogP contribution in [0.1, 0.15) is 219 Å². The van der Waals surface area contributed by atoms with Gasteiger partial charge in [-0.15, -0.1) is 0 Å². The molecule has 9 aliphatic rings. The number of amides is 1. The molecule has 1 spiro atoms. The molecule has 5 fully saturated rings. The van der Waals surface area contributed by atoms with E-state index >= 15 is 0 Å². The Kier molecular flexibility index (Phi) is 24.3. The maximum atomic E-state index is 11.6. The fraction of sp³-hybridized carbons (Fsp3) is 0.647. The zero-order chi connectivity index (χ0) is 52.9. The molecule has 1 saturated carbocycles. The van der Waals surface area contributed by atoms with E-state index in [1.807, 2.05) is 42.6 Å². The summed E-state index contributed by atoms with van der Waals surface area (Å²) < 4.78 is 10.5. The molecule has 13 rings (SSSR count). The van der Waals surface area contributed by atoms with E-state index in [9.17, 15) is 4.79 Å². The van der Waals surface area contributed by atoms with E-state index in [4.69, 9.17) is 9.47 Å². The first kappa shape index (κ1) is 62.4. The van der Waals surface area contributed by atoms with E-state index in [1.54, 1.807) is 0 Å². The lowest BCUT2D eigenvalue weighted by Crippen LogP contribution is -2.48. The highest BCUT2D eigenvalue weighted by Gasteiger charge is 2.37. The van der Waals surface area contributed by atoms with Crippen LogP contribution in [0.2, 0.25) is 0 Å². The van der Waals surface area contributed by atoms with Crippen LogP contribution in [0, 0.1) is 35.0 Å². The van der Waals surface area contributed by atoms with Crippen molar-refractivity contribution in [1.82, 2.24) is 14.8 Å². The van der Waals surface area contributed by atoms with Gasteiger partial charge < -0.3 is 29.9 Å². The SMILES string of the molecule is C.C.CC(C)C1C(=O)Nc2ccccc21.CC(C)C1CN2CCC1CC2.CC(C)C1CNc2ccccc21.CC(C)N1CCC2(CCCCC2)CC1.CC(C)c1ccc2c(c1)OCO2.CC(C)c1cnc2c(c1)CCC2. The van der Waals surface area contributed by atoms with Crippen molar-refractivity contribution in [1.29, 1.82) is 0 Å². The number of hydrogen-bond donors (Lipinski definition) is 2. The van der Waals surface area contributed by atoms with Crippen molar-refractivity contribution in [3.8, 4) is 11.5 Å². The van der Waals surface area contributed by atoms with Gasteiger partial charge in [0.1, 0.15) is 0 Å². The average molecular weight is 1040 g/mol. The fourth-order valence-corrected chi connectivity index (χ4v) is 12.9. The molecule has 3 atom stereocenters. The number of pyridine rings is 1. The maximum Gasteiger partial charge on any atom is 0.232 e. The number of carbonyl (C=O) groups excluding carboxylic acids is 1. The van der Waals surface area contributed by atoms with Gasteiger partial charge in [-0.1, -0.05) is 152 Å². The number of hydrogen-bond acceptors (Lipinski definition) is 7. The minimum atomic E-state index is 0. The largest absolute Gasteiger partial charge is 0.454 e. The molecular weight excluding hydrogens is 935 g/mol. The van der Waals surface area contributed by atoms with Gasteiger partial charge in [-0.05, 0) is 197 Å². The molecule has 7 aliphatic heterocycles. The quantitative estimate of drug-likeness (QED) is 0.199. The summed E-state index contributed by atoms with van der Waals surface area (Å²) in [5.41, 5.74) is 11.2. The van der Waals surface area contributed by atoms with E-state index in [0.717, 1.165) is 64.4 Å². The highest BCUT2D eigenvalue weighted by Crippen LogP contribution is 2.45. The molecule has 4 saturated heterocycles. The molecule has 1 aromatic heterocycles. The van der Waals surface area contributed by atoms with Gasteiger partial charge in [-0.3, -0.25) is 9.78 Å². The van der Waals surface area contributed by atoms with E-state index in [1.165, 1.54) is 143 Å². The van der Waals surface area contributed by atoms with Gasteiger partial charge in [0.25, 0.3) is 0 Å². The number of carbonyl (C=O) groups is 1. The molecule has 4 aromatic rings. The van der Waals surface area contributed by atoms with Crippen LogP contribution < -0.4 is 20.1 Å². The first-order valence-corrected chi connectivity index (χ1v) is 29.6. The third-order valence-corrected chi connectivity index (χ3v) is 17.9. The summed E-state index contributed by atoms with van der Waals surface area (Å²) in [7, 11) is 0. The Morgan fingerprint density at radius 3 is 1.84 bits per heavy atom. The summed E-state index contributed by atoms with van der Waals surface area (Å²) >= 11 is 0. The summed E-state index contributed by atoms with van der Waals surface area (Å²) in [6, 6.07) is 25.7. The highest BCUT2D eigenvalue weighted by molar-refractivity contribution is 6.03. The van der Waals surface area contributed by atoms with E-state index in [2.05, 4.69) is 145 Å². The third-order valence-electron chi connectivity index (χ3n) is 17.9. The summed E-state index contributed by atoms with van der Waals surface area (Å²) in [5.74, 6) is 7.86. The molecule has 8 nitrogen and oxygen atoms in total. The van der Waals surface area contributed by atoms with E-state index in [-0.39, 0.29) is 26.7 Å². The molecule has 0 radical (unpaired) electrons. The smallest absolute Gasteiger partial charge is 0.232 e. The number of anilines is 2. The number of benzene rings is 3. The predicted octanol–water partition coefficient (Wildman–Crippen LogP) is 17.2. The van der Waals surface area contributed by atoms with Crippen molar-refractivity contribution in [3.05, 3.63) is 113 Å². The summed E-state index contributed by atoms with van der Waals surface area (Å²) in [6.07, 6.45) is 19.2. The normalized spacial score (nSPS) is 22.9. The van der Waals surface area contributed by atoms with E-state index in [0.29, 0.717) is 30.5 Å². The molecule has 3 aromatic carbocycles. The number of piperidine rings is 4. The number of ether oxygens (including phenoxy) is 2. The van der Waals surface area contributed by atoms with Crippen molar-refractivity contribution >= 4 is 17.3 Å². The number of aromatic nitrogens is 1. The Labute approximate surface area is 464 Å². The number of fused-ring (bicyclic) bond motifs is 7. The molecule has 8 heteroatoms. The zero-order valence-corrected chi connectivity index (χ0v) is 48.3. The topological polar surface area (TPSA) is 79.0 Å². The first-order valence-electron chi connectivity index (χ1n) is 29.6. The molecule has 3 unspecified atom stereocenters. The second-order valence-corrected chi connectivity index (χ2v) is 25.0. The summed E-state index contributed by atoms with van der Waals surface area (Å²) in [5, 5.41) is 6.32. The van der Waals surface area contributed by atoms with Crippen LogP contribution in [-0.4, -0.2) is 72.8 Å². The lowest BCUT2D eigenvalue weighted by atomic mass is 9.68. The van der Waals surface area contributed by atoms with Gasteiger partial charge in [0.2, 0.25) is 12.7 Å². The Morgan fingerprint density at radius 1 is 0.632 bits per heavy atom. The van der Waals surface area contributed by atoms with Gasteiger partial charge in [-0.25, -0.2) is 0 Å². The van der Waals surface area contributed by atoms with Gasteiger partial charge in [0, 0.05) is 48.3 Å². The molecule has 2 bridgehead atoms. The maximum absolute atomic E-state index is 11.6. The Balaban J connectivity index is 0.000000168. The van der Waals surface area contributed by atoms with Gasteiger partial charge >= 0.3 is 0 Å². The first-order chi connectivity index (χ1) is 35.5. The van der Waals surface area contributed by atoms with E-state index < -0.39 is 0 Å². The lowest BCUT2D eigenvalue weighted by Gasteiger charge is -2.46. The van der Waals surface area contributed by atoms with Gasteiger partial charge in [0.05, 0.1) is 5.92 Å². The lowest BCUT2D eigenvalue weighted by molar-refractivity contribution is -0.117. The molecular formula is C68H107N5O3. The molecule has 76 heavy (non-hydrogen) atoms. The molecule has 422 valence electrons. The zero-order valence-electron chi connectivity index (χ0n) is 48.3. The summed E-state index contributed by atoms with van der Waals surface area (Å²) in [6.45, 7) is 35.3. The van der Waals surface area contributed by atoms with Gasteiger partial charge in [0.15, 0.2) is 11.5 Å². The molecule has 2 N–H and O–H groups in total. The second kappa shape index (κ2) is 29.5. The fourth-order valence-electron chi connectivity index (χ4n) is 12.9. The number of rotatable bonds is 6. The third kappa shape index (κ3) is 16.6. The standard InChI is InChI=1S/C13H25N.C11H13NO.2C11H15N.C10H19N.C10H12O2.2CH4/c1-12(2)14-10-8-13(9-11-14)6-4-3-5-7-13;1-7(2)10-8-5-3-4-6-9(8)12-11(10)13;1-8(2)10-6-9-4-3-5-11(9)12-7-10;1-8(2)10-7-12-11-6-4-3-5-9(10)11;1-8(2)10-7-11-5-3-9(10)4-6-11;1-7(2)8-3-4-9-10(5-8)12-6-11-9;;/h12H,3-11H2,1-2H3;3-7,10H,1-2H3,(H,12,13);6-8H,3-5H2,1-2H3;3-6,8,10,12H,7H2,1-2H3;8-10H,3-7H2,1-2H3;3-5,7H,6H2,1-2H3;2*1H4. The van der Waals surface area contributed by atoms with Crippen LogP contribution in [0.15, 0.2) is 79.0 Å². The number of para-hydroxylation sites is 2. The predicted molar refractivity (Wildman–Crippen MR) is 325 cm³/mol. The van der Waals surface area contributed by atoms with Crippen LogP contribution in [0.5, 0.6) is 11.5 Å². The minimum Gasteiger partial charge on any atom is -0.454 e. The molecule has 1 amide bonds. The number of likely N-dealkylation sites (tertiary alicyclic amines) is 1. The van der Waals surface area contributed by atoms with Crippen molar-refractivity contribution in [2.45, 2.75) is 205 Å².